The average molecular weight is 467 g/mol. The summed E-state index contributed by atoms with van der Waals surface area (Å²) in [6.45, 7) is 1.57. The van der Waals surface area contributed by atoms with Gasteiger partial charge in [-0.15, -0.1) is 0 Å². The van der Waals surface area contributed by atoms with E-state index in [2.05, 4.69) is 5.32 Å². The fraction of sp³-hybridized carbons (Fsp3) is 0.409. The third-order valence-electron chi connectivity index (χ3n) is 6.17. The zero-order valence-corrected chi connectivity index (χ0v) is 19.0. The van der Waals surface area contributed by atoms with Crippen LogP contribution in [0.5, 0.6) is 0 Å². The fourth-order valence-corrected chi connectivity index (χ4v) is 6.30. The summed E-state index contributed by atoms with van der Waals surface area (Å²) in [5, 5.41) is 3.61. The van der Waals surface area contributed by atoms with Gasteiger partial charge in [0.2, 0.25) is 5.91 Å². The Morgan fingerprint density at radius 3 is 2.40 bits per heavy atom. The number of nitrogens with one attached hydrogen (secondary N) is 1. The quantitative estimate of drug-likeness (QED) is 0.664. The van der Waals surface area contributed by atoms with Crippen molar-refractivity contribution in [1.82, 2.24) is 5.32 Å². The zero-order chi connectivity index (χ0) is 21.5. The van der Waals surface area contributed by atoms with Gasteiger partial charge in [0.05, 0.1) is 20.6 Å². The Hall–Kier alpha value is -1.76. The van der Waals surface area contributed by atoms with Crippen LogP contribution >= 0.6 is 23.2 Å². The summed E-state index contributed by atoms with van der Waals surface area (Å²) >= 11 is 12.1. The molecule has 30 heavy (non-hydrogen) atoms. The molecule has 2 bridgehead atoms. The Kier molecular flexibility index (Phi) is 6.02. The molecule has 1 amide bonds. The summed E-state index contributed by atoms with van der Waals surface area (Å²) in [5.41, 5.74) is 1.25. The molecule has 3 atom stereocenters. The number of aryl methyl sites for hydroxylation is 1. The van der Waals surface area contributed by atoms with Crippen LogP contribution in [0, 0.1) is 18.8 Å². The predicted octanol–water partition coefficient (Wildman–Crippen LogP) is 4.80. The molecule has 8 heteroatoms. The van der Waals surface area contributed by atoms with Crippen LogP contribution in [0.15, 0.2) is 47.4 Å². The Morgan fingerprint density at radius 2 is 1.80 bits per heavy atom. The van der Waals surface area contributed by atoms with Crippen molar-refractivity contribution in [2.24, 2.45) is 11.8 Å². The van der Waals surface area contributed by atoms with E-state index in [4.69, 9.17) is 23.2 Å². The van der Waals surface area contributed by atoms with E-state index in [1.54, 1.807) is 30.3 Å². The van der Waals surface area contributed by atoms with Crippen molar-refractivity contribution in [2.75, 3.05) is 10.8 Å². The highest BCUT2D eigenvalue weighted by atomic mass is 35.5. The lowest BCUT2D eigenvalue weighted by molar-refractivity contribution is -0.120. The zero-order valence-electron chi connectivity index (χ0n) is 16.6. The molecular formula is C22H24Cl2N2O3S. The molecule has 160 valence electrons. The molecule has 2 aliphatic carbocycles. The van der Waals surface area contributed by atoms with Gasteiger partial charge < -0.3 is 5.32 Å². The Labute approximate surface area is 187 Å². The second kappa shape index (κ2) is 8.40. The van der Waals surface area contributed by atoms with Gasteiger partial charge in [0.1, 0.15) is 6.54 Å². The van der Waals surface area contributed by atoms with Gasteiger partial charge in [-0.25, -0.2) is 8.42 Å². The number of amides is 1. The number of carbonyl (C=O) groups is 1. The van der Waals surface area contributed by atoms with Gasteiger partial charge >= 0.3 is 0 Å². The molecule has 0 saturated heterocycles. The van der Waals surface area contributed by atoms with E-state index in [9.17, 15) is 13.2 Å². The largest absolute Gasteiger partial charge is 0.352 e. The number of fused-ring (bicyclic) bond motifs is 2. The second-order valence-corrected chi connectivity index (χ2v) is 10.9. The molecule has 2 aromatic rings. The van der Waals surface area contributed by atoms with Crippen LogP contribution in [-0.2, 0) is 14.8 Å². The number of nitrogens with zero attached hydrogens (tertiary/aromatic N) is 1. The summed E-state index contributed by atoms with van der Waals surface area (Å²) in [4.78, 5) is 13.0. The van der Waals surface area contributed by atoms with Gasteiger partial charge in [-0.3, -0.25) is 9.10 Å². The van der Waals surface area contributed by atoms with E-state index in [1.807, 2.05) is 6.92 Å². The maximum absolute atomic E-state index is 13.4. The normalized spacial score (nSPS) is 22.8. The minimum absolute atomic E-state index is 0.117. The monoisotopic (exact) mass is 466 g/mol. The molecule has 2 fully saturated rings. The number of halogens is 2. The first kappa shape index (κ1) is 21.5. The van der Waals surface area contributed by atoms with Gasteiger partial charge in [-0.1, -0.05) is 47.3 Å². The molecular weight excluding hydrogens is 443 g/mol. The molecule has 0 radical (unpaired) electrons. The van der Waals surface area contributed by atoms with E-state index in [0.717, 1.165) is 29.1 Å². The SMILES string of the molecule is Cc1ccc(S(=O)(=O)N(CC(=O)N[C@@H]2C[C@H]3CC[C@@H]2C3)c2ccc(Cl)c(Cl)c2)cc1. The molecule has 2 aliphatic rings. The molecule has 0 aliphatic heterocycles. The molecule has 0 spiro atoms. The summed E-state index contributed by atoms with van der Waals surface area (Å²) in [6.07, 6.45) is 4.50. The van der Waals surface area contributed by atoms with Gasteiger partial charge in [0, 0.05) is 6.04 Å². The summed E-state index contributed by atoms with van der Waals surface area (Å²) in [7, 11) is -3.97. The van der Waals surface area contributed by atoms with Crippen LogP contribution in [0.25, 0.3) is 0 Å². The molecule has 5 nitrogen and oxygen atoms in total. The van der Waals surface area contributed by atoms with Crippen molar-refractivity contribution >= 4 is 44.8 Å². The number of hydrogen-bond acceptors (Lipinski definition) is 3. The maximum Gasteiger partial charge on any atom is 0.264 e. The first-order valence-electron chi connectivity index (χ1n) is 10.1. The van der Waals surface area contributed by atoms with E-state index in [-0.39, 0.29) is 28.4 Å². The minimum Gasteiger partial charge on any atom is -0.352 e. The topological polar surface area (TPSA) is 66.5 Å². The van der Waals surface area contributed by atoms with Crippen LogP contribution in [0.3, 0.4) is 0 Å². The molecule has 0 heterocycles. The van der Waals surface area contributed by atoms with Gasteiger partial charge in [-0.2, -0.15) is 0 Å². The number of carbonyl (C=O) groups excluding carboxylic acids is 1. The molecule has 2 saturated carbocycles. The van der Waals surface area contributed by atoms with E-state index < -0.39 is 10.0 Å². The minimum atomic E-state index is -3.97. The number of anilines is 1. The van der Waals surface area contributed by atoms with Crippen molar-refractivity contribution in [3.63, 3.8) is 0 Å². The van der Waals surface area contributed by atoms with Crippen molar-refractivity contribution in [1.29, 1.82) is 0 Å². The highest BCUT2D eigenvalue weighted by Gasteiger charge is 2.40. The van der Waals surface area contributed by atoms with Crippen LogP contribution in [0.1, 0.15) is 31.2 Å². The number of benzene rings is 2. The summed E-state index contributed by atoms with van der Waals surface area (Å²) < 4.78 is 27.9. The molecule has 0 unspecified atom stereocenters. The smallest absolute Gasteiger partial charge is 0.264 e. The van der Waals surface area contributed by atoms with E-state index in [0.29, 0.717) is 22.5 Å². The second-order valence-electron chi connectivity index (χ2n) is 8.27. The summed E-state index contributed by atoms with van der Waals surface area (Å²) in [6, 6.07) is 11.3. The Balaban J connectivity index is 1.62. The molecule has 4 rings (SSSR count). The molecule has 2 aromatic carbocycles. The van der Waals surface area contributed by atoms with Crippen LogP contribution in [0.4, 0.5) is 5.69 Å². The van der Waals surface area contributed by atoms with Crippen LogP contribution in [0.2, 0.25) is 10.0 Å². The maximum atomic E-state index is 13.4. The van der Waals surface area contributed by atoms with Gasteiger partial charge in [-0.05, 0) is 68.4 Å². The van der Waals surface area contributed by atoms with Crippen molar-refractivity contribution in [3.05, 3.63) is 58.1 Å². The number of hydrogen-bond donors (Lipinski definition) is 1. The highest BCUT2D eigenvalue weighted by Crippen LogP contribution is 2.44. The van der Waals surface area contributed by atoms with Gasteiger partial charge in [0.25, 0.3) is 10.0 Å². The van der Waals surface area contributed by atoms with Crippen LogP contribution in [-0.4, -0.2) is 26.9 Å². The lowest BCUT2D eigenvalue weighted by atomic mass is 9.95. The molecule has 1 N–H and O–H groups in total. The van der Waals surface area contributed by atoms with Crippen LogP contribution < -0.4 is 9.62 Å². The Bertz CT molecular complexity index is 1060. The third kappa shape index (κ3) is 4.32. The summed E-state index contributed by atoms with van der Waals surface area (Å²) in [5.74, 6) is 0.878. The average Bonchev–Trinajstić information content (AvgIpc) is 3.32. The predicted molar refractivity (Wildman–Crippen MR) is 120 cm³/mol. The lowest BCUT2D eigenvalue weighted by Crippen LogP contribution is -2.46. The first-order chi connectivity index (χ1) is 14.2. The van der Waals surface area contributed by atoms with Crippen molar-refractivity contribution in [2.45, 2.75) is 43.5 Å². The van der Waals surface area contributed by atoms with Gasteiger partial charge in [0.15, 0.2) is 0 Å². The lowest BCUT2D eigenvalue weighted by Gasteiger charge is -2.27. The number of sulfonamides is 1. The van der Waals surface area contributed by atoms with E-state index >= 15 is 0 Å². The van der Waals surface area contributed by atoms with E-state index in [1.165, 1.54) is 18.6 Å². The third-order valence-corrected chi connectivity index (χ3v) is 8.70. The first-order valence-corrected chi connectivity index (χ1v) is 12.3. The highest BCUT2D eigenvalue weighted by molar-refractivity contribution is 7.92. The van der Waals surface area contributed by atoms with Crippen molar-refractivity contribution in [3.8, 4) is 0 Å². The van der Waals surface area contributed by atoms with Crippen molar-refractivity contribution < 1.29 is 13.2 Å². The Morgan fingerprint density at radius 1 is 1.07 bits per heavy atom. The standard InChI is InChI=1S/C22H24Cl2N2O3S/c1-14-2-7-18(8-3-14)30(28,29)26(17-6-9-19(23)20(24)12-17)13-22(27)25-21-11-15-4-5-16(21)10-15/h2-3,6-9,12,15-16,21H,4-5,10-11,13H2,1H3,(H,25,27)/t15-,16+,21+/m0/s1. The molecule has 0 aromatic heterocycles. The fourth-order valence-electron chi connectivity index (χ4n) is 4.60. The number of rotatable bonds is 6.